The normalized spacial score (nSPS) is 17.3. The smallest absolute Gasteiger partial charge is 0.252 e. The van der Waals surface area contributed by atoms with E-state index in [-0.39, 0.29) is 17.2 Å². The van der Waals surface area contributed by atoms with Crippen LogP contribution in [0, 0.1) is 0 Å². The van der Waals surface area contributed by atoms with Gasteiger partial charge in [0.2, 0.25) is 21.8 Å². The third-order valence-electron chi connectivity index (χ3n) is 6.20. The van der Waals surface area contributed by atoms with E-state index in [9.17, 15) is 22.8 Å². The number of carbonyl (C=O) groups excluding carboxylic acids is 3. The highest BCUT2D eigenvalue weighted by Crippen LogP contribution is 2.32. The molecule has 0 bridgehead atoms. The van der Waals surface area contributed by atoms with Crippen LogP contribution in [0.25, 0.3) is 10.8 Å². The van der Waals surface area contributed by atoms with Gasteiger partial charge in [0, 0.05) is 18.7 Å². The zero-order chi connectivity index (χ0) is 25.3. The van der Waals surface area contributed by atoms with Gasteiger partial charge in [0.15, 0.2) is 0 Å². The third kappa shape index (κ3) is 4.69. The van der Waals surface area contributed by atoms with Gasteiger partial charge in [-0.25, -0.2) is 13.3 Å². The number of nitrogens with one attached hydrogen (secondary N) is 1. The Hall–Kier alpha value is -3.56. The van der Waals surface area contributed by atoms with Crippen LogP contribution in [0.2, 0.25) is 0 Å². The molecule has 0 saturated carbocycles. The van der Waals surface area contributed by atoms with Gasteiger partial charge in [-0.3, -0.25) is 14.4 Å². The first-order valence-corrected chi connectivity index (χ1v) is 12.8. The van der Waals surface area contributed by atoms with Gasteiger partial charge in [-0.1, -0.05) is 37.3 Å². The van der Waals surface area contributed by atoms with Crippen LogP contribution < -0.4 is 10.2 Å². The topological polar surface area (TPSA) is 104 Å². The maximum Gasteiger partial charge on any atom is 0.252 e. The average molecular weight is 494 g/mol. The molecule has 0 aromatic heterocycles. The van der Waals surface area contributed by atoms with Gasteiger partial charge < -0.3 is 5.32 Å². The Bertz CT molecular complexity index is 1400. The molecule has 2 unspecified atom stereocenters. The van der Waals surface area contributed by atoms with Crippen LogP contribution in [0.4, 0.5) is 11.4 Å². The Morgan fingerprint density at radius 1 is 1.06 bits per heavy atom. The van der Waals surface area contributed by atoms with Crippen molar-refractivity contribution in [1.82, 2.24) is 4.31 Å². The number of sulfonamides is 1. The zero-order valence-electron chi connectivity index (χ0n) is 19.8. The number of rotatable bonds is 7. The van der Waals surface area contributed by atoms with Crippen molar-refractivity contribution in [2.45, 2.75) is 50.6 Å². The van der Waals surface area contributed by atoms with Crippen molar-refractivity contribution in [3.63, 3.8) is 0 Å². The number of benzene rings is 3. The Morgan fingerprint density at radius 2 is 1.71 bits per heavy atom. The first kappa shape index (κ1) is 24.6. The number of amides is 3. The van der Waals surface area contributed by atoms with Crippen molar-refractivity contribution < 1.29 is 22.8 Å². The third-order valence-corrected chi connectivity index (χ3v) is 8.22. The predicted molar refractivity (Wildman–Crippen MR) is 134 cm³/mol. The quantitative estimate of drug-likeness (QED) is 0.503. The summed E-state index contributed by atoms with van der Waals surface area (Å²) in [5.41, 5.74) is 0.848. The van der Waals surface area contributed by atoms with Gasteiger partial charge in [0.25, 0.3) is 5.91 Å². The Labute approximate surface area is 204 Å². The maximum absolute atomic E-state index is 13.8. The first-order chi connectivity index (χ1) is 16.6. The van der Waals surface area contributed by atoms with Crippen LogP contribution in [0.1, 0.15) is 33.6 Å². The summed E-state index contributed by atoms with van der Waals surface area (Å²) in [4.78, 5) is 38.7. The second kappa shape index (κ2) is 9.59. The first-order valence-electron chi connectivity index (χ1n) is 11.4. The fourth-order valence-corrected chi connectivity index (χ4v) is 6.21. The fraction of sp³-hybridized carbons (Fsp3) is 0.269. The monoisotopic (exact) mass is 493 g/mol. The molecule has 0 spiro atoms. The van der Waals surface area contributed by atoms with E-state index >= 15 is 0 Å². The van der Waals surface area contributed by atoms with Gasteiger partial charge in [-0.2, -0.15) is 4.31 Å². The second-order valence-corrected chi connectivity index (χ2v) is 10.5. The predicted octanol–water partition coefficient (Wildman–Crippen LogP) is 3.92. The van der Waals surface area contributed by atoms with Crippen LogP contribution in [0.3, 0.4) is 0 Å². The minimum atomic E-state index is -4.08. The van der Waals surface area contributed by atoms with Crippen molar-refractivity contribution in [2.75, 3.05) is 10.2 Å². The average Bonchev–Trinajstić information content (AvgIpc) is 3.12. The van der Waals surface area contributed by atoms with Crippen molar-refractivity contribution in [1.29, 1.82) is 0 Å². The number of nitrogens with zero attached hydrogens (tertiary/aromatic N) is 2. The molecule has 1 aliphatic heterocycles. The number of hydrogen-bond donors (Lipinski definition) is 1. The SMILES string of the molecule is CCC(C)N(C1CC(=O)N(c2ccc(NC(C)=O)cc2)C1=O)S(=O)(=O)c1ccc2ccccc2c1. The summed E-state index contributed by atoms with van der Waals surface area (Å²) in [5.74, 6) is -1.31. The van der Waals surface area contributed by atoms with Gasteiger partial charge in [0.1, 0.15) is 6.04 Å². The molecule has 3 aromatic carbocycles. The molecule has 182 valence electrons. The minimum Gasteiger partial charge on any atom is -0.326 e. The lowest BCUT2D eigenvalue weighted by Crippen LogP contribution is -2.49. The van der Waals surface area contributed by atoms with E-state index in [1.54, 1.807) is 43.3 Å². The van der Waals surface area contributed by atoms with Crippen LogP contribution in [-0.2, 0) is 24.4 Å². The van der Waals surface area contributed by atoms with Crippen LogP contribution in [0.15, 0.2) is 71.6 Å². The summed E-state index contributed by atoms with van der Waals surface area (Å²) in [7, 11) is -4.08. The molecule has 0 radical (unpaired) electrons. The lowest BCUT2D eigenvalue weighted by atomic mass is 10.1. The van der Waals surface area contributed by atoms with E-state index in [1.807, 2.05) is 31.2 Å². The van der Waals surface area contributed by atoms with Gasteiger partial charge >= 0.3 is 0 Å². The molecule has 1 N–H and O–H groups in total. The molecular formula is C26H27N3O5S. The summed E-state index contributed by atoms with van der Waals surface area (Å²) in [6.07, 6.45) is 0.222. The van der Waals surface area contributed by atoms with E-state index in [0.717, 1.165) is 15.7 Å². The molecule has 1 saturated heterocycles. The maximum atomic E-state index is 13.8. The number of anilines is 2. The number of fused-ring (bicyclic) bond motifs is 1. The molecule has 9 heteroatoms. The summed E-state index contributed by atoms with van der Waals surface area (Å²) in [5, 5.41) is 4.31. The second-order valence-electron chi connectivity index (χ2n) is 8.62. The van der Waals surface area contributed by atoms with E-state index in [1.165, 1.54) is 17.3 Å². The van der Waals surface area contributed by atoms with Gasteiger partial charge in [-0.15, -0.1) is 0 Å². The summed E-state index contributed by atoms with van der Waals surface area (Å²) in [6, 6.07) is 16.9. The highest BCUT2D eigenvalue weighted by atomic mass is 32.2. The van der Waals surface area contributed by atoms with E-state index < -0.39 is 33.9 Å². The number of imide groups is 1. The summed E-state index contributed by atoms with van der Waals surface area (Å²) >= 11 is 0. The van der Waals surface area contributed by atoms with Crippen molar-refractivity contribution >= 4 is 49.9 Å². The lowest BCUT2D eigenvalue weighted by molar-refractivity contribution is -0.122. The summed E-state index contributed by atoms with van der Waals surface area (Å²) < 4.78 is 28.8. The molecule has 3 aromatic rings. The molecule has 2 atom stereocenters. The fourth-order valence-electron chi connectivity index (χ4n) is 4.32. The van der Waals surface area contributed by atoms with E-state index in [0.29, 0.717) is 17.8 Å². The van der Waals surface area contributed by atoms with Crippen LogP contribution >= 0.6 is 0 Å². The summed E-state index contributed by atoms with van der Waals surface area (Å²) in [6.45, 7) is 4.96. The van der Waals surface area contributed by atoms with Crippen LogP contribution in [-0.4, -0.2) is 42.5 Å². The Kier molecular flexibility index (Phi) is 6.73. The zero-order valence-corrected chi connectivity index (χ0v) is 20.6. The van der Waals surface area contributed by atoms with Crippen molar-refractivity contribution in [3.05, 3.63) is 66.7 Å². The lowest BCUT2D eigenvalue weighted by Gasteiger charge is -2.31. The standard InChI is InChI=1S/C26H27N3O5S/c1-4-17(2)29(35(33,34)23-14-9-19-7-5-6-8-20(19)15-23)24-16-25(31)28(26(24)32)22-12-10-21(11-13-22)27-18(3)30/h5-15,17,24H,4,16H2,1-3H3,(H,27,30). The molecule has 1 heterocycles. The molecule has 1 aliphatic rings. The number of carbonyl (C=O) groups is 3. The molecule has 0 aliphatic carbocycles. The molecule has 4 rings (SSSR count). The largest absolute Gasteiger partial charge is 0.326 e. The molecule has 8 nitrogen and oxygen atoms in total. The van der Waals surface area contributed by atoms with Crippen LogP contribution in [0.5, 0.6) is 0 Å². The molecular weight excluding hydrogens is 466 g/mol. The number of hydrogen-bond acceptors (Lipinski definition) is 5. The molecule has 3 amide bonds. The van der Waals surface area contributed by atoms with Crippen molar-refractivity contribution in [3.8, 4) is 0 Å². The molecule has 1 fully saturated rings. The highest BCUT2D eigenvalue weighted by molar-refractivity contribution is 7.89. The minimum absolute atomic E-state index is 0.0786. The Balaban J connectivity index is 1.69. The van der Waals surface area contributed by atoms with Crippen molar-refractivity contribution in [2.24, 2.45) is 0 Å². The van der Waals surface area contributed by atoms with E-state index in [4.69, 9.17) is 0 Å². The Morgan fingerprint density at radius 3 is 2.34 bits per heavy atom. The van der Waals surface area contributed by atoms with E-state index in [2.05, 4.69) is 5.32 Å². The molecule has 35 heavy (non-hydrogen) atoms. The highest BCUT2D eigenvalue weighted by Gasteiger charge is 2.48. The van der Waals surface area contributed by atoms with Gasteiger partial charge in [0.05, 0.1) is 17.0 Å². The van der Waals surface area contributed by atoms with Gasteiger partial charge in [-0.05, 0) is 60.5 Å².